The van der Waals surface area contributed by atoms with Crippen molar-refractivity contribution in [3.63, 3.8) is 0 Å². The third kappa shape index (κ3) is 3.40. The molecule has 11 heteroatoms. The molecule has 0 bridgehead atoms. The number of rotatable bonds is 1. The number of imide groups is 1. The van der Waals surface area contributed by atoms with Gasteiger partial charge in [-0.1, -0.05) is 18.2 Å². The summed E-state index contributed by atoms with van der Waals surface area (Å²) in [4.78, 5) is 27.0. The number of fused-ring (bicyclic) bond motifs is 2. The Kier molecular flexibility index (Phi) is 5.00. The van der Waals surface area contributed by atoms with Gasteiger partial charge in [-0.3, -0.25) is 4.79 Å². The first-order chi connectivity index (χ1) is 14.9. The lowest BCUT2D eigenvalue weighted by atomic mass is 9.76. The summed E-state index contributed by atoms with van der Waals surface area (Å²) in [6, 6.07) is 5.94. The van der Waals surface area contributed by atoms with E-state index in [0.717, 1.165) is 4.90 Å². The number of carbonyl (C=O) groups is 2. The number of benzene rings is 2. The number of alkyl halides is 6. The largest absolute Gasteiger partial charge is 0.416 e. The first-order valence-corrected chi connectivity index (χ1v) is 9.52. The summed E-state index contributed by atoms with van der Waals surface area (Å²) in [6.07, 6.45) is -10.4. The van der Waals surface area contributed by atoms with Gasteiger partial charge in [0.15, 0.2) is 0 Å². The third-order valence-corrected chi connectivity index (χ3v) is 5.81. The molecule has 3 amide bonds. The van der Waals surface area contributed by atoms with Crippen LogP contribution in [0.5, 0.6) is 0 Å². The maximum Gasteiger partial charge on any atom is 0.416 e. The van der Waals surface area contributed by atoms with Crippen LogP contribution in [0.25, 0.3) is 0 Å². The van der Waals surface area contributed by atoms with Crippen molar-refractivity contribution in [1.82, 2.24) is 0 Å². The van der Waals surface area contributed by atoms with E-state index in [2.05, 4.69) is 0 Å². The second-order valence-corrected chi connectivity index (χ2v) is 7.62. The molecule has 0 aromatic heterocycles. The molecular formula is C21H16F6N2O3. The van der Waals surface area contributed by atoms with Crippen molar-refractivity contribution >= 4 is 23.3 Å². The van der Waals surface area contributed by atoms with E-state index in [1.807, 2.05) is 5.32 Å². The number of nitrogens with zero attached hydrogens (tertiary/aromatic N) is 1. The van der Waals surface area contributed by atoms with Gasteiger partial charge in [0.05, 0.1) is 22.9 Å². The highest BCUT2D eigenvalue weighted by molar-refractivity contribution is 6.25. The lowest BCUT2D eigenvalue weighted by molar-refractivity contribution is -0.143. The SMILES string of the molecule is CC1OCCC12C(=O)N(C(=O)Nc1cc(C(F)(F)F)cc(C(F)(F)F)c1)c1ccccc12. The van der Waals surface area contributed by atoms with Crippen LogP contribution in [-0.2, 0) is 27.3 Å². The number of ether oxygens (including phenoxy) is 1. The van der Waals surface area contributed by atoms with E-state index in [0.29, 0.717) is 17.7 Å². The molecule has 2 heterocycles. The van der Waals surface area contributed by atoms with Gasteiger partial charge in [0, 0.05) is 12.3 Å². The van der Waals surface area contributed by atoms with Gasteiger partial charge in [0.1, 0.15) is 5.41 Å². The van der Waals surface area contributed by atoms with Gasteiger partial charge in [-0.15, -0.1) is 0 Å². The van der Waals surface area contributed by atoms with E-state index < -0.39 is 52.6 Å². The molecule has 0 saturated carbocycles. The Morgan fingerprint density at radius 1 is 1.06 bits per heavy atom. The number of nitrogens with one attached hydrogen (secondary N) is 1. The minimum Gasteiger partial charge on any atom is -0.377 e. The average molecular weight is 458 g/mol. The van der Waals surface area contributed by atoms with Crippen LogP contribution >= 0.6 is 0 Å². The number of urea groups is 1. The highest BCUT2D eigenvalue weighted by Crippen LogP contribution is 2.50. The van der Waals surface area contributed by atoms with E-state index in [9.17, 15) is 35.9 Å². The van der Waals surface area contributed by atoms with Crippen LogP contribution in [0, 0.1) is 0 Å². The molecule has 2 unspecified atom stereocenters. The molecule has 32 heavy (non-hydrogen) atoms. The molecule has 2 atom stereocenters. The van der Waals surface area contributed by atoms with E-state index >= 15 is 0 Å². The first-order valence-electron chi connectivity index (χ1n) is 9.52. The Balaban J connectivity index is 1.73. The van der Waals surface area contributed by atoms with Crippen LogP contribution in [0.1, 0.15) is 30.0 Å². The van der Waals surface area contributed by atoms with Crippen LogP contribution in [0.2, 0.25) is 0 Å². The fourth-order valence-corrected chi connectivity index (χ4v) is 4.25. The molecule has 2 aliphatic rings. The summed E-state index contributed by atoms with van der Waals surface area (Å²) in [5, 5.41) is 2.03. The number of para-hydroxylation sites is 1. The zero-order chi connectivity index (χ0) is 23.5. The summed E-state index contributed by atoms with van der Waals surface area (Å²) in [5.74, 6) is -0.649. The van der Waals surface area contributed by atoms with E-state index in [1.165, 1.54) is 6.07 Å². The number of hydrogen-bond acceptors (Lipinski definition) is 3. The molecule has 2 aliphatic heterocycles. The highest BCUT2D eigenvalue weighted by atomic mass is 19.4. The van der Waals surface area contributed by atoms with E-state index in [-0.39, 0.29) is 24.8 Å². The molecule has 0 radical (unpaired) electrons. The molecule has 2 aromatic carbocycles. The Morgan fingerprint density at radius 2 is 1.66 bits per heavy atom. The lowest BCUT2D eigenvalue weighted by Crippen LogP contribution is -2.48. The Morgan fingerprint density at radius 3 is 2.19 bits per heavy atom. The van der Waals surface area contributed by atoms with Gasteiger partial charge in [0.2, 0.25) is 5.91 Å². The molecule has 4 rings (SSSR count). The Labute approximate surface area is 178 Å². The maximum atomic E-state index is 13.3. The van der Waals surface area contributed by atoms with Gasteiger partial charge < -0.3 is 10.1 Å². The maximum absolute atomic E-state index is 13.3. The monoisotopic (exact) mass is 458 g/mol. The van der Waals surface area contributed by atoms with E-state index in [1.54, 1.807) is 25.1 Å². The molecular weight excluding hydrogens is 442 g/mol. The summed E-state index contributed by atoms with van der Waals surface area (Å²) in [6.45, 7) is 1.94. The number of carbonyl (C=O) groups excluding carboxylic acids is 2. The van der Waals surface area contributed by atoms with Crippen LogP contribution < -0.4 is 10.2 Å². The average Bonchev–Trinajstić information content (AvgIpc) is 3.20. The van der Waals surface area contributed by atoms with Crippen molar-refractivity contribution in [1.29, 1.82) is 0 Å². The van der Waals surface area contributed by atoms with Crippen molar-refractivity contribution in [2.45, 2.75) is 37.2 Å². The minimum absolute atomic E-state index is 0.0431. The van der Waals surface area contributed by atoms with Crippen LogP contribution in [0.3, 0.4) is 0 Å². The van der Waals surface area contributed by atoms with Gasteiger partial charge in [-0.25, -0.2) is 9.69 Å². The van der Waals surface area contributed by atoms with Crippen molar-refractivity contribution in [2.75, 3.05) is 16.8 Å². The smallest absolute Gasteiger partial charge is 0.377 e. The highest BCUT2D eigenvalue weighted by Gasteiger charge is 2.58. The van der Waals surface area contributed by atoms with Crippen molar-refractivity contribution in [3.05, 3.63) is 59.2 Å². The van der Waals surface area contributed by atoms with Crippen LogP contribution in [0.15, 0.2) is 42.5 Å². The topological polar surface area (TPSA) is 58.6 Å². The Hall–Kier alpha value is -3.08. The minimum atomic E-state index is -5.07. The number of hydrogen-bond donors (Lipinski definition) is 1. The zero-order valence-corrected chi connectivity index (χ0v) is 16.5. The number of anilines is 2. The van der Waals surface area contributed by atoms with Crippen molar-refractivity contribution in [2.24, 2.45) is 0 Å². The van der Waals surface area contributed by atoms with Crippen molar-refractivity contribution < 1.29 is 40.7 Å². The zero-order valence-electron chi connectivity index (χ0n) is 16.5. The summed E-state index contributed by atoms with van der Waals surface area (Å²) < 4.78 is 84.3. The summed E-state index contributed by atoms with van der Waals surface area (Å²) in [5.41, 5.74) is -4.33. The molecule has 2 aromatic rings. The number of halogens is 6. The predicted octanol–water partition coefficient (Wildman–Crippen LogP) is 5.35. The Bertz CT molecular complexity index is 1070. The molecule has 1 spiro atoms. The quantitative estimate of drug-likeness (QED) is 0.587. The fourth-order valence-electron chi connectivity index (χ4n) is 4.25. The standard InChI is InChI=1S/C21H16F6N2O3/c1-11-19(6-7-32-11)15-4-2-3-5-16(15)29(17(19)30)18(31)28-14-9-12(20(22,23)24)8-13(10-14)21(25,26)27/h2-5,8-11H,6-7H2,1H3,(H,28,31). The second kappa shape index (κ2) is 7.22. The normalized spacial score (nSPS) is 23.0. The molecule has 1 N–H and O–H groups in total. The van der Waals surface area contributed by atoms with Gasteiger partial charge in [0.25, 0.3) is 0 Å². The van der Waals surface area contributed by atoms with Gasteiger partial charge >= 0.3 is 18.4 Å². The first kappa shape index (κ1) is 22.1. The lowest BCUT2D eigenvalue weighted by Gasteiger charge is -2.26. The van der Waals surface area contributed by atoms with Gasteiger partial charge in [-0.2, -0.15) is 26.3 Å². The predicted molar refractivity (Wildman–Crippen MR) is 101 cm³/mol. The third-order valence-electron chi connectivity index (χ3n) is 5.81. The summed E-state index contributed by atoms with van der Waals surface area (Å²) >= 11 is 0. The second-order valence-electron chi connectivity index (χ2n) is 7.62. The molecule has 1 saturated heterocycles. The van der Waals surface area contributed by atoms with Gasteiger partial charge in [-0.05, 0) is 43.2 Å². The molecule has 1 fully saturated rings. The van der Waals surface area contributed by atoms with E-state index in [4.69, 9.17) is 4.74 Å². The molecule has 0 aliphatic carbocycles. The van der Waals surface area contributed by atoms with Crippen LogP contribution in [0.4, 0.5) is 42.5 Å². The summed E-state index contributed by atoms with van der Waals surface area (Å²) in [7, 11) is 0. The van der Waals surface area contributed by atoms with Crippen molar-refractivity contribution in [3.8, 4) is 0 Å². The van der Waals surface area contributed by atoms with Crippen LogP contribution in [-0.4, -0.2) is 24.6 Å². The number of amides is 3. The fraction of sp³-hybridized carbons (Fsp3) is 0.333. The molecule has 170 valence electrons. The molecule has 5 nitrogen and oxygen atoms in total.